The third-order valence-corrected chi connectivity index (χ3v) is 3.98. The maximum Gasteiger partial charge on any atom is 0.258 e. The van der Waals surface area contributed by atoms with Gasteiger partial charge in [0.25, 0.3) is 5.91 Å². The fourth-order valence-corrected chi connectivity index (χ4v) is 2.96. The molecule has 1 aliphatic rings. The van der Waals surface area contributed by atoms with Crippen molar-refractivity contribution in [3.63, 3.8) is 0 Å². The van der Waals surface area contributed by atoms with Crippen molar-refractivity contribution in [2.24, 2.45) is 0 Å². The van der Waals surface area contributed by atoms with Crippen LogP contribution in [-0.2, 0) is 6.42 Å². The highest BCUT2D eigenvalue weighted by Gasteiger charge is 2.23. The monoisotopic (exact) mass is 364 g/mol. The van der Waals surface area contributed by atoms with Crippen molar-refractivity contribution in [3.05, 3.63) is 57.4 Å². The summed E-state index contributed by atoms with van der Waals surface area (Å²) in [5, 5.41) is 0. The highest BCUT2D eigenvalue weighted by molar-refractivity contribution is 14.1. The maximum atomic E-state index is 12.6. The molecule has 0 radical (unpaired) electrons. The third kappa shape index (κ3) is 2.49. The smallest absolute Gasteiger partial charge is 0.258 e. The van der Waals surface area contributed by atoms with Gasteiger partial charge in [-0.1, -0.05) is 6.07 Å². The summed E-state index contributed by atoms with van der Waals surface area (Å²) in [4.78, 5) is 18.6. The highest BCUT2D eigenvalue weighted by Crippen LogP contribution is 2.27. The molecule has 0 bridgehead atoms. The SMILES string of the molecule is O=C(c1cccc(I)c1)N1CCCc2cnccc21. The van der Waals surface area contributed by atoms with Crippen molar-refractivity contribution in [2.45, 2.75) is 12.8 Å². The third-order valence-electron chi connectivity index (χ3n) is 3.31. The van der Waals surface area contributed by atoms with Crippen LogP contribution >= 0.6 is 22.6 Å². The van der Waals surface area contributed by atoms with E-state index in [0.717, 1.165) is 39.8 Å². The van der Waals surface area contributed by atoms with E-state index in [1.165, 1.54) is 0 Å². The van der Waals surface area contributed by atoms with Crippen molar-refractivity contribution < 1.29 is 4.79 Å². The van der Waals surface area contributed by atoms with Gasteiger partial charge in [-0.2, -0.15) is 0 Å². The van der Waals surface area contributed by atoms with E-state index in [1.54, 1.807) is 6.20 Å². The van der Waals surface area contributed by atoms with Gasteiger partial charge in [0.1, 0.15) is 0 Å². The number of rotatable bonds is 1. The topological polar surface area (TPSA) is 33.2 Å². The molecule has 0 atom stereocenters. The van der Waals surface area contributed by atoms with Crippen LogP contribution in [0.25, 0.3) is 0 Å². The van der Waals surface area contributed by atoms with Crippen molar-refractivity contribution in [3.8, 4) is 0 Å². The summed E-state index contributed by atoms with van der Waals surface area (Å²) >= 11 is 2.23. The number of hydrogen-bond acceptors (Lipinski definition) is 2. The lowest BCUT2D eigenvalue weighted by Crippen LogP contribution is -2.35. The van der Waals surface area contributed by atoms with Gasteiger partial charge in [0.15, 0.2) is 0 Å². The fourth-order valence-electron chi connectivity index (χ4n) is 2.41. The van der Waals surface area contributed by atoms with Gasteiger partial charge in [-0.05, 0) is 65.3 Å². The summed E-state index contributed by atoms with van der Waals surface area (Å²) in [5.41, 5.74) is 2.91. The van der Waals surface area contributed by atoms with Crippen LogP contribution in [0.1, 0.15) is 22.3 Å². The first kappa shape index (κ1) is 12.6. The van der Waals surface area contributed by atoms with Gasteiger partial charge in [-0.15, -0.1) is 0 Å². The number of halogens is 1. The Morgan fingerprint density at radius 1 is 1.32 bits per heavy atom. The quantitative estimate of drug-likeness (QED) is 0.728. The van der Waals surface area contributed by atoms with Gasteiger partial charge in [-0.3, -0.25) is 9.78 Å². The first-order valence-corrected chi connectivity index (χ1v) is 7.34. The van der Waals surface area contributed by atoms with E-state index in [0.29, 0.717) is 0 Å². The van der Waals surface area contributed by atoms with Crippen molar-refractivity contribution in [2.75, 3.05) is 11.4 Å². The van der Waals surface area contributed by atoms with Crippen molar-refractivity contribution in [1.82, 2.24) is 4.98 Å². The summed E-state index contributed by atoms with van der Waals surface area (Å²) in [6, 6.07) is 9.65. The van der Waals surface area contributed by atoms with E-state index < -0.39 is 0 Å². The Balaban J connectivity index is 1.98. The van der Waals surface area contributed by atoms with Gasteiger partial charge in [0.2, 0.25) is 0 Å². The van der Waals surface area contributed by atoms with E-state index in [1.807, 2.05) is 41.4 Å². The van der Waals surface area contributed by atoms with Gasteiger partial charge >= 0.3 is 0 Å². The minimum absolute atomic E-state index is 0.0747. The van der Waals surface area contributed by atoms with Crippen molar-refractivity contribution in [1.29, 1.82) is 0 Å². The lowest BCUT2D eigenvalue weighted by atomic mass is 10.0. The molecule has 96 valence electrons. The largest absolute Gasteiger partial charge is 0.308 e. The van der Waals surface area contributed by atoms with E-state index in [2.05, 4.69) is 27.6 Å². The molecule has 1 aromatic heterocycles. The average molecular weight is 364 g/mol. The van der Waals surface area contributed by atoms with Crippen LogP contribution in [0.5, 0.6) is 0 Å². The number of nitrogens with zero attached hydrogens (tertiary/aromatic N) is 2. The zero-order valence-electron chi connectivity index (χ0n) is 10.3. The summed E-state index contributed by atoms with van der Waals surface area (Å²) in [6.45, 7) is 0.779. The number of anilines is 1. The molecule has 0 fully saturated rings. The zero-order valence-corrected chi connectivity index (χ0v) is 12.5. The second-order valence-electron chi connectivity index (χ2n) is 4.58. The Kier molecular flexibility index (Phi) is 3.50. The molecular formula is C15H13IN2O. The van der Waals surface area contributed by atoms with Crippen LogP contribution in [0.15, 0.2) is 42.7 Å². The number of benzene rings is 1. The minimum atomic E-state index is 0.0747. The van der Waals surface area contributed by atoms with Crippen LogP contribution in [0, 0.1) is 3.57 Å². The molecule has 2 heterocycles. The Morgan fingerprint density at radius 2 is 2.21 bits per heavy atom. The molecule has 3 rings (SSSR count). The Morgan fingerprint density at radius 3 is 3.05 bits per heavy atom. The van der Waals surface area contributed by atoms with Crippen LogP contribution in [0.2, 0.25) is 0 Å². The Hall–Kier alpha value is -1.43. The van der Waals surface area contributed by atoms with Crippen LogP contribution in [-0.4, -0.2) is 17.4 Å². The molecule has 3 nitrogen and oxygen atoms in total. The summed E-state index contributed by atoms with van der Waals surface area (Å²) in [5.74, 6) is 0.0747. The van der Waals surface area contributed by atoms with Crippen LogP contribution < -0.4 is 4.90 Å². The van der Waals surface area contributed by atoms with E-state index in [9.17, 15) is 4.79 Å². The van der Waals surface area contributed by atoms with Crippen molar-refractivity contribution >= 4 is 34.2 Å². The van der Waals surface area contributed by atoms with E-state index in [4.69, 9.17) is 0 Å². The van der Waals surface area contributed by atoms with Gasteiger partial charge < -0.3 is 4.90 Å². The highest BCUT2D eigenvalue weighted by atomic mass is 127. The molecule has 4 heteroatoms. The Bertz CT molecular complexity index is 627. The van der Waals surface area contributed by atoms with Crippen LogP contribution in [0.3, 0.4) is 0 Å². The number of carbonyl (C=O) groups is 1. The number of pyridine rings is 1. The average Bonchev–Trinajstić information content (AvgIpc) is 2.46. The predicted octanol–water partition coefficient (Wildman–Crippen LogP) is 3.28. The molecule has 0 saturated carbocycles. The molecule has 0 aliphatic carbocycles. The first-order chi connectivity index (χ1) is 9.25. The molecule has 1 aromatic carbocycles. The standard InChI is InChI=1S/C15H13IN2O/c16-13-5-1-3-11(9-13)15(19)18-8-2-4-12-10-17-7-6-14(12)18/h1,3,5-7,9-10H,2,4,8H2. The van der Waals surface area contributed by atoms with Gasteiger partial charge in [0, 0.05) is 28.1 Å². The molecule has 0 N–H and O–H groups in total. The molecule has 2 aromatic rings. The molecule has 0 unspecified atom stereocenters. The molecule has 1 aliphatic heterocycles. The minimum Gasteiger partial charge on any atom is -0.308 e. The number of hydrogen-bond donors (Lipinski definition) is 0. The van der Waals surface area contributed by atoms with E-state index >= 15 is 0 Å². The number of aromatic nitrogens is 1. The van der Waals surface area contributed by atoms with Crippen LogP contribution in [0.4, 0.5) is 5.69 Å². The first-order valence-electron chi connectivity index (χ1n) is 6.26. The molecular weight excluding hydrogens is 351 g/mol. The Labute approximate surface area is 125 Å². The zero-order chi connectivity index (χ0) is 13.2. The van der Waals surface area contributed by atoms with Gasteiger partial charge in [0.05, 0.1) is 5.69 Å². The fraction of sp³-hybridized carbons (Fsp3) is 0.200. The molecule has 0 spiro atoms. The second-order valence-corrected chi connectivity index (χ2v) is 5.82. The number of amides is 1. The molecule has 19 heavy (non-hydrogen) atoms. The molecule has 1 amide bonds. The lowest BCUT2D eigenvalue weighted by Gasteiger charge is -2.29. The number of aryl methyl sites for hydroxylation is 1. The number of carbonyl (C=O) groups excluding carboxylic acids is 1. The lowest BCUT2D eigenvalue weighted by molar-refractivity contribution is 0.0985. The normalized spacial score (nSPS) is 14.1. The summed E-state index contributed by atoms with van der Waals surface area (Å²) in [6.07, 6.45) is 5.61. The van der Waals surface area contributed by atoms with Gasteiger partial charge in [-0.25, -0.2) is 0 Å². The summed E-state index contributed by atoms with van der Waals surface area (Å²) < 4.78 is 1.08. The number of fused-ring (bicyclic) bond motifs is 1. The molecule has 0 saturated heterocycles. The second kappa shape index (κ2) is 5.28. The summed E-state index contributed by atoms with van der Waals surface area (Å²) in [7, 11) is 0. The van der Waals surface area contributed by atoms with E-state index in [-0.39, 0.29) is 5.91 Å². The maximum absolute atomic E-state index is 12.6. The predicted molar refractivity (Wildman–Crippen MR) is 83.4 cm³/mol.